The van der Waals surface area contributed by atoms with Crippen molar-refractivity contribution in [1.82, 2.24) is 24.5 Å². The Kier molecular flexibility index (Phi) is 8.75. The van der Waals surface area contributed by atoms with Crippen LogP contribution in [0.4, 0.5) is 10.3 Å². The van der Waals surface area contributed by atoms with E-state index in [1.807, 2.05) is 6.07 Å². The van der Waals surface area contributed by atoms with Gasteiger partial charge in [-0.05, 0) is 42.5 Å². The fourth-order valence-electron chi connectivity index (χ4n) is 5.84. The minimum Gasteiger partial charge on any atom is -0.491 e. The maximum Gasteiger partial charge on any atom is 0.225 e. The van der Waals surface area contributed by atoms with Gasteiger partial charge < -0.3 is 14.4 Å². The van der Waals surface area contributed by atoms with E-state index in [-0.39, 0.29) is 28.2 Å². The molecule has 3 aromatic heterocycles. The molecule has 12 heteroatoms. The van der Waals surface area contributed by atoms with Gasteiger partial charge in [0.15, 0.2) is 5.78 Å². The molecule has 4 aromatic rings. The highest BCUT2D eigenvalue weighted by Gasteiger charge is 2.34. The van der Waals surface area contributed by atoms with Gasteiger partial charge in [-0.2, -0.15) is 10.4 Å². The first kappa shape index (κ1) is 29.9. The number of piperidine rings is 1. The molecule has 0 atom stereocenters. The van der Waals surface area contributed by atoms with E-state index in [0.29, 0.717) is 42.5 Å². The molecule has 0 spiro atoms. The fraction of sp³-hybridized carbons (Fsp3) is 0.406. The normalized spacial score (nSPS) is 17.0. The molecule has 1 aromatic carbocycles. The standard InChI is InChI=1S/C32H33ClFN7O3/c1-32(16-29(42)27-14-24(34)2-3-28(27)33)4-6-40(7-5-32)31-36-18-23(19-37-31)26-15-25(21-41-30(26)22(17-35)20-38-41)44-13-10-39-8-11-43-12-9-39/h2-3,14-15,18-21H,4-13,16H2,1H3. The first-order chi connectivity index (χ1) is 21.3. The molecule has 0 aliphatic carbocycles. The minimum absolute atomic E-state index is 0.152. The van der Waals surface area contributed by atoms with Gasteiger partial charge in [0.05, 0.1) is 41.7 Å². The second kappa shape index (κ2) is 12.9. The van der Waals surface area contributed by atoms with Crippen LogP contribution in [0, 0.1) is 22.6 Å². The number of halogens is 2. The monoisotopic (exact) mass is 617 g/mol. The van der Waals surface area contributed by atoms with Gasteiger partial charge in [-0.1, -0.05) is 18.5 Å². The van der Waals surface area contributed by atoms with Crippen LogP contribution >= 0.6 is 11.6 Å². The summed E-state index contributed by atoms with van der Waals surface area (Å²) < 4.78 is 26.9. The van der Waals surface area contributed by atoms with Crippen molar-refractivity contribution >= 4 is 28.8 Å². The van der Waals surface area contributed by atoms with E-state index >= 15 is 0 Å². The van der Waals surface area contributed by atoms with E-state index in [1.165, 1.54) is 18.2 Å². The molecule has 44 heavy (non-hydrogen) atoms. The SMILES string of the molecule is CC1(CC(=O)c2cc(F)ccc2Cl)CCN(c2ncc(-c3cc(OCCN4CCOCC4)cn4ncc(C#N)c34)cn2)CC1. The van der Waals surface area contributed by atoms with Gasteiger partial charge in [0.25, 0.3) is 0 Å². The number of carbonyl (C=O) groups is 1. The van der Waals surface area contributed by atoms with Crippen LogP contribution in [-0.4, -0.2) is 82.8 Å². The Morgan fingerprint density at radius 2 is 1.89 bits per heavy atom. The van der Waals surface area contributed by atoms with Crippen LogP contribution in [0.5, 0.6) is 5.75 Å². The molecule has 0 saturated carbocycles. The van der Waals surface area contributed by atoms with Crippen LogP contribution in [0.25, 0.3) is 16.6 Å². The zero-order chi connectivity index (χ0) is 30.7. The molecule has 228 valence electrons. The number of ether oxygens (including phenoxy) is 2. The Hall–Kier alpha value is -4.11. The summed E-state index contributed by atoms with van der Waals surface area (Å²) in [5, 5.41) is 14.4. The topological polar surface area (TPSA) is 109 Å². The molecule has 0 bridgehead atoms. The zero-order valence-corrected chi connectivity index (χ0v) is 25.3. The summed E-state index contributed by atoms with van der Waals surface area (Å²) in [7, 11) is 0. The van der Waals surface area contributed by atoms with E-state index in [1.54, 1.807) is 29.3 Å². The molecule has 10 nitrogen and oxygen atoms in total. The van der Waals surface area contributed by atoms with Crippen molar-refractivity contribution in [2.45, 2.75) is 26.2 Å². The number of rotatable bonds is 9. The number of carbonyl (C=O) groups excluding carboxylic acids is 1. The average molecular weight is 618 g/mol. The number of hydrogen-bond donors (Lipinski definition) is 0. The molecule has 0 radical (unpaired) electrons. The summed E-state index contributed by atoms with van der Waals surface area (Å²) in [5.41, 5.74) is 2.61. The predicted molar refractivity (Wildman–Crippen MR) is 164 cm³/mol. The van der Waals surface area contributed by atoms with Crippen LogP contribution in [0.2, 0.25) is 5.02 Å². The summed E-state index contributed by atoms with van der Waals surface area (Å²) in [6.45, 7) is 7.99. The Labute approximate surface area is 260 Å². The first-order valence-corrected chi connectivity index (χ1v) is 15.1. The lowest BCUT2D eigenvalue weighted by Crippen LogP contribution is -2.40. The number of anilines is 1. The lowest BCUT2D eigenvalue weighted by atomic mass is 9.75. The molecular weight excluding hydrogens is 585 g/mol. The summed E-state index contributed by atoms with van der Waals surface area (Å²) in [4.78, 5) is 26.7. The second-order valence-electron chi connectivity index (χ2n) is 11.6. The fourth-order valence-corrected chi connectivity index (χ4v) is 6.06. The molecular formula is C32H33ClFN7O3. The van der Waals surface area contributed by atoms with Gasteiger partial charge in [0.1, 0.15) is 24.2 Å². The zero-order valence-electron chi connectivity index (χ0n) is 24.5. The van der Waals surface area contributed by atoms with Crippen molar-refractivity contribution in [2.75, 3.05) is 57.4 Å². The van der Waals surface area contributed by atoms with Crippen molar-refractivity contribution in [2.24, 2.45) is 5.41 Å². The van der Waals surface area contributed by atoms with Crippen LogP contribution in [0.1, 0.15) is 42.1 Å². The second-order valence-corrected chi connectivity index (χ2v) is 12.1. The molecule has 0 N–H and O–H groups in total. The van der Waals surface area contributed by atoms with Gasteiger partial charge in [0.2, 0.25) is 5.95 Å². The third kappa shape index (κ3) is 6.53. The third-order valence-electron chi connectivity index (χ3n) is 8.51. The molecule has 2 saturated heterocycles. The highest BCUT2D eigenvalue weighted by atomic mass is 35.5. The molecule has 2 fully saturated rings. The van der Waals surface area contributed by atoms with Gasteiger partial charge >= 0.3 is 0 Å². The predicted octanol–water partition coefficient (Wildman–Crippen LogP) is 5.05. The number of nitriles is 1. The number of nitrogens with zero attached hydrogens (tertiary/aromatic N) is 7. The largest absolute Gasteiger partial charge is 0.491 e. The summed E-state index contributed by atoms with van der Waals surface area (Å²) >= 11 is 6.17. The van der Waals surface area contributed by atoms with Gasteiger partial charge in [-0.3, -0.25) is 9.69 Å². The van der Waals surface area contributed by atoms with Gasteiger partial charge in [-0.25, -0.2) is 18.9 Å². The van der Waals surface area contributed by atoms with Gasteiger partial charge in [0, 0.05) is 68.2 Å². The van der Waals surface area contributed by atoms with E-state index < -0.39 is 5.82 Å². The Balaban J connectivity index is 1.14. The van der Waals surface area contributed by atoms with Crippen molar-refractivity contribution < 1.29 is 18.7 Å². The summed E-state index contributed by atoms with van der Waals surface area (Å²) in [5.74, 6) is 0.612. The van der Waals surface area contributed by atoms with Crippen molar-refractivity contribution in [3.63, 3.8) is 0 Å². The number of Topliss-reactive ketones (excluding diaryl/α,β-unsaturated/α-hetero) is 1. The van der Waals surface area contributed by atoms with Crippen LogP contribution in [-0.2, 0) is 4.74 Å². The van der Waals surface area contributed by atoms with E-state index in [9.17, 15) is 14.4 Å². The molecule has 2 aliphatic rings. The maximum atomic E-state index is 13.7. The first-order valence-electron chi connectivity index (χ1n) is 14.7. The van der Waals surface area contributed by atoms with Crippen molar-refractivity contribution in [3.05, 3.63) is 71.0 Å². The van der Waals surface area contributed by atoms with Crippen LogP contribution in [0.3, 0.4) is 0 Å². The Morgan fingerprint density at radius 3 is 2.61 bits per heavy atom. The summed E-state index contributed by atoms with van der Waals surface area (Å²) in [6, 6.07) is 8.02. The van der Waals surface area contributed by atoms with Crippen molar-refractivity contribution in [3.8, 4) is 22.9 Å². The van der Waals surface area contributed by atoms with Crippen LogP contribution < -0.4 is 9.64 Å². The smallest absolute Gasteiger partial charge is 0.225 e. The molecule has 5 heterocycles. The lowest BCUT2D eigenvalue weighted by molar-refractivity contribution is 0.0322. The van der Waals surface area contributed by atoms with Crippen molar-refractivity contribution in [1.29, 1.82) is 5.26 Å². The molecule has 2 aliphatic heterocycles. The summed E-state index contributed by atoms with van der Waals surface area (Å²) in [6.07, 6.45) is 8.64. The lowest BCUT2D eigenvalue weighted by Gasteiger charge is -2.39. The molecule has 0 amide bonds. The van der Waals surface area contributed by atoms with Crippen LogP contribution in [0.15, 0.2) is 49.1 Å². The number of ketones is 1. The van der Waals surface area contributed by atoms with E-state index in [0.717, 1.165) is 56.8 Å². The Bertz CT molecular complexity index is 1690. The van der Waals surface area contributed by atoms with Gasteiger partial charge in [-0.15, -0.1) is 0 Å². The van der Waals surface area contributed by atoms with E-state index in [2.05, 4.69) is 37.9 Å². The number of benzene rings is 1. The number of fused-ring (bicyclic) bond motifs is 1. The molecule has 6 rings (SSSR count). The molecule has 0 unspecified atom stereocenters. The number of hydrogen-bond acceptors (Lipinski definition) is 9. The third-order valence-corrected chi connectivity index (χ3v) is 8.84. The highest BCUT2D eigenvalue weighted by molar-refractivity contribution is 6.34. The Morgan fingerprint density at radius 1 is 1.14 bits per heavy atom. The number of morpholine rings is 1. The minimum atomic E-state index is -0.473. The number of pyridine rings is 1. The maximum absolute atomic E-state index is 13.7. The quantitative estimate of drug-likeness (QED) is 0.238. The van der Waals surface area contributed by atoms with E-state index in [4.69, 9.17) is 21.1 Å². The highest BCUT2D eigenvalue weighted by Crippen LogP contribution is 2.37. The average Bonchev–Trinajstić information content (AvgIpc) is 3.46. The number of aromatic nitrogens is 4.